The number of hydrogen-bond donors (Lipinski definition) is 1. The largest absolute Gasteiger partial charge is 0.337 e. The fourth-order valence-electron chi connectivity index (χ4n) is 3.15. The molecule has 0 aliphatic heterocycles. The molecule has 1 N–H and O–H groups in total. The van der Waals surface area contributed by atoms with E-state index in [0.29, 0.717) is 15.6 Å². The lowest BCUT2D eigenvalue weighted by Gasteiger charge is -2.20. The van der Waals surface area contributed by atoms with E-state index in [-0.39, 0.29) is 27.8 Å². The number of sulfonamides is 1. The topological polar surface area (TPSA) is 92.3 Å². The minimum Gasteiger partial charge on any atom is -0.337 e. The van der Waals surface area contributed by atoms with Crippen LogP contribution in [0.5, 0.6) is 0 Å². The Morgan fingerprint density at radius 3 is 2.79 bits per heavy atom. The van der Waals surface area contributed by atoms with Crippen LogP contribution in [0.4, 0.5) is 10.1 Å². The van der Waals surface area contributed by atoms with Crippen LogP contribution in [0.25, 0.3) is 10.1 Å². The zero-order valence-corrected chi connectivity index (χ0v) is 21.5. The molecule has 2 heterocycles. The average Bonchev–Trinajstić information content (AvgIpc) is 3.24. The Labute approximate surface area is 212 Å². The molecule has 1 amide bonds. The van der Waals surface area contributed by atoms with Crippen LogP contribution in [0.15, 0.2) is 59.9 Å². The zero-order valence-electron chi connectivity index (χ0n) is 16.9. The molecule has 0 radical (unpaired) electrons. The molecule has 0 saturated carbocycles. The van der Waals surface area contributed by atoms with Crippen LogP contribution in [0.2, 0.25) is 5.02 Å². The normalized spacial score (nSPS) is 11.5. The highest BCUT2D eigenvalue weighted by atomic mass is 127. The van der Waals surface area contributed by atoms with Crippen LogP contribution in [0, 0.1) is 9.39 Å². The fourth-order valence-corrected chi connectivity index (χ4v) is 5.78. The number of carbonyl (C=O) groups is 1. The summed E-state index contributed by atoms with van der Waals surface area (Å²) in [4.78, 5) is 18.6. The zero-order chi connectivity index (χ0) is 23.8. The number of carbonyl (C=O) groups excluding carboxylic acids is 1. The van der Waals surface area contributed by atoms with Gasteiger partial charge in [-0.15, -0.1) is 0 Å². The van der Waals surface area contributed by atoms with E-state index in [2.05, 4.69) is 14.1 Å². The summed E-state index contributed by atoms with van der Waals surface area (Å²) in [5.74, 6) is -0.913. The Bertz CT molecular complexity index is 1480. The highest BCUT2D eigenvalue weighted by Gasteiger charge is 2.24. The van der Waals surface area contributed by atoms with Crippen LogP contribution < -0.4 is 4.72 Å². The summed E-state index contributed by atoms with van der Waals surface area (Å²) in [7, 11) is -2.56. The number of benzene rings is 2. The molecule has 2 aromatic carbocycles. The summed E-state index contributed by atoms with van der Waals surface area (Å²) in [5.41, 5.74) is 0.823. The molecule has 0 aliphatic rings. The van der Waals surface area contributed by atoms with Crippen LogP contribution in [0.3, 0.4) is 0 Å². The molecule has 4 rings (SSSR count). The molecule has 0 unspecified atom stereocenters. The van der Waals surface area contributed by atoms with Crippen LogP contribution >= 0.6 is 45.7 Å². The lowest BCUT2D eigenvalue weighted by molar-refractivity contribution is 0.0786. The van der Waals surface area contributed by atoms with Gasteiger partial charge in [-0.3, -0.25) is 9.52 Å². The van der Waals surface area contributed by atoms with Gasteiger partial charge < -0.3 is 4.90 Å². The Balaban J connectivity index is 1.66. The molecule has 170 valence electrons. The van der Waals surface area contributed by atoms with Crippen molar-refractivity contribution in [2.24, 2.45) is 0 Å². The molecule has 2 aromatic heterocycles. The summed E-state index contributed by atoms with van der Waals surface area (Å²) in [6.45, 7) is 0.109. The average molecular weight is 617 g/mol. The number of fused-ring (bicyclic) bond motifs is 1. The Morgan fingerprint density at radius 2 is 2.03 bits per heavy atom. The number of halogens is 3. The first kappa shape index (κ1) is 23.8. The summed E-state index contributed by atoms with van der Waals surface area (Å²) in [6, 6.07) is 10.4. The predicted octanol–water partition coefficient (Wildman–Crippen LogP) is 5.16. The van der Waals surface area contributed by atoms with Gasteiger partial charge in [0, 0.05) is 28.4 Å². The second-order valence-corrected chi connectivity index (χ2v) is 11.1. The predicted molar refractivity (Wildman–Crippen MR) is 135 cm³/mol. The van der Waals surface area contributed by atoms with Crippen molar-refractivity contribution in [3.63, 3.8) is 0 Å². The van der Waals surface area contributed by atoms with Gasteiger partial charge in [-0.1, -0.05) is 17.7 Å². The molecule has 0 bridgehead atoms. The minimum absolute atomic E-state index is 0.109. The molecule has 33 heavy (non-hydrogen) atoms. The van der Waals surface area contributed by atoms with Gasteiger partial charge in [0.05, 0.1) is 27.5 Å². The van der Waals surface area contributed by atoms with Gasteiger partial charge in [0.2, 0.25) is 0 Å². The van der Waals surface area contributed by atoms with E-state index >= 15 is 0 Å². The molecular formula is C21H15ClFIN4O3S2. The monoisotopic (exact) mass is 616 g/mol. The highest BCUT2D eigenvalue weighted by Crippen LogP contribution is 2.28. The van der Waals surface area contributed by atoms with Crippen LogP contribution in [-0.2, 0) is 16.6 Å². The van der Waals surface area contributed by atoms with Crippen molar-refractivity contribution in [2.75, 3.05) is 11.8 Å². The van der Waals surface area contributed by atoms with E-state index in [9.17, 15) is 17.6 Å². The van der Waals surface area contributed by atoms with Crippen molar-refractivity contribution in [3.05, 3.63) is 80.4 Å². The number of amides is 1. The third kappa shape index (κ3) is 5.10. The Kier molecular flexibility index (Phi) is 6.84. The molecule has 12 heteroatoms. The molecule has 0 aliphatic carbocycles. The van der Waals surface area contributed by atoms with Crippen LogP contribution in [-0.4, -0.2) is 35.6 Å². The van der Waals surface area contributed by atoms with E-state index in [1.807, 2.05) is 22.6 Å². The van der Waals surface area contributed by atoms with Gasteiger partial charge in [-0.2, -0.15) is 12.8 Å². The van der Waals surface area contributed by atoms with E-state index in [1.54, 1.807) is 31.3 Å². The maximum absolute atomic E-state index is 13.3. The first-order chi connectivity index (χ1) is 15.7. The van der Waals surface area contributed by atoms with Crippen LogP contribution in [0.1, 0.15) is 15.9 Å². The van der Waals surface area contributed by atoms with Crippen molar-refractivity contribution in [2.45, 2.75) is 11.6 Å². The lowest BCUT2D eigenvalue weighted by Crippen LogP contribution is -2.28. The van der Waals surface area contributed by atoms with Gasteiger partial charge in [0.15, 0.2) is 5.03 Å². The fraction of sp³-hybridized carbons (Fsp3) is 0.0952. The number of anilines is 1. The Morgan fingerprint density at radius 1 is 1.24 bits per heavy atom. The van der Waals surface area contributed by atoms with Crippen molar-refractivity contribution in [1.29, 1.82) is 0 Å². The Hall–Kier alpha value is -2.35. The number of nitrogens with one attached hydrogen (secondary N) is 1. The van der Waals surface area contributed by atoms with Crippen molar-refractivity contribution >= 4 is 77.4 Å². The second-order valence-electron chi connectivity index (χ2n) is 7.05. The van der Waals surface area contributed by atoms with Crippen molar-refractivity contribution in [3.8, 4) is 0 Å². The van der Waals surface area contributed by atoms with E-state index in [4.69, 9.17) is 11.6 Å². The number of pyridine rings is 1. The highest BCUT2D eigenvalue weighted by molar-refractivity contribution is 14.1. The van der Waals surface area contributed by atoms with E-state index in [0.717, 1.165) is 15.1 Å². The molecule has 4 aromatic rings. The maximum Gasteiger partial charge on any atom is 0.280 e. The van der Waals surface area contributed by atoms with E-state index < -0.39 is 21.7 Å². The summed E-state index contributed by atoms with van der Waals surface area (Å²) in [6.07, 6.45) is 2.85. The van der Waals surface area contributed by atoms with Gasteiger partial charge in [-0.25, -0.2) is 9.37 Å². The second kappa shape index (κ2) is 9.49. The molecule has 0 atom stereocenters. The standard InChI is InChI=1S/C21H15ClFIN4O3S2/c1-28(11-12-2-3-13(23)8-17(12)22)21(29)15-5-4-14(24)9-18(15)27-33(30,31)20-16-10-26-32-19(16)6-7-25-20/h2-10,27H,11H2,1H3. The van der Waals surface area contributed by atoms with Gasteiger partial charge in [0.1, 0.15) is 5.82 Å². The van der Waals surface area contributed by atoms with Gasteiger partial charge in [0.25, 0.3) is 15.9 Å². The summed E-state index contributed by atoms with van der Waals surface area (Å²) in [5, 5.41) is 0.427. The van der Waals surface area contributed by atoms with Gasteiger partial charge >= 0.3 is 0 Å². The minimum atomic E-state index is -4.11. The number of rotatable bonds is 6. The smallest absolute Gasteiger partial charge is 0.280 e. The van der Waals surface area contributed by atoms with E-state index in [1.165, 1.54) is 35.5 Å². The SMILES string of the molecule is CN(Cc1ccc(F)cc1Cl)C(=O)c1ccc(I)cc1NS(=O)(=O)c1nccc2sncc12. The quantitative estimate of drug-likeness (QED) is 0.302. The molecule has 0 saturated heterocycles. The molecule has 0 fully saturated rings. The van der Waals surface area contributed by atoms with Crippen molar-refractivity contribution < 1.29 is 17.6 Å². The molecular weight excluding hydrogens is 602 g/mol. The number of aromatic nitrogens is 2. The maximum atomic E-state index is 13.3. The lowest BCUT2D eigenvalue weighted by atomic mass is 10.1. The summed E-state index contributed by atoms with van der Waals surface area (Å²) < 4.78 is 47.6. The third-order valence-corrected chi connectivity index (χ3v) is 7.84. The molecule has 0 spiro atoms. The third-order valence-electron chi connectivity index (χ3n) is 4.73. The molecule has 7 nitrogen and oxygen atoms in total. The number of hydrogen-bond acceptors (Lipinski definition) is 6. The van der Waals surface area contributed by atoms with Crippen molar-refractivity contribution in [1.82, 2.24) is 14.3 Å². The summed E-state index contributed by atoms with van der Waals surface area (Å²) >= 11 is 9.28. The first-order valence-electron chi connectivity index (χ1n) is 9.37. The van der Waals surface area contributed by atoms with Gasteiger partial charge in [-0.05, 0) is 76.1 Å². The first-order valence-corrected chi connectivity index (χ1v) is 13.1. The number of nitrogens with zero attached hydrogens (tertiary/aromatic N) is 3.